The Morgan fingerprint density at radius 2 is 2.29 bits per heavy atom. The predicted octanol–water partition coefficient (Wildman–Crippen LogP) is 2.97. The molecule has 1 aromatic carbocycles. The van der Waals surface area contributed by atoms with E-state index in [4.69, 9.17) is 21.1 Å². The van der Waals surface area contributed by atoms with Crippen molar-refractivity contribution in [3.63, 3.8) is 0 Å². The van der Waals surface area contributed by atoms with Crippen LogP contribution in [0.15, 0.2) is 18.2 Å². The molecule has 0 saturated heterocycles. The summed E-state index contributed by atoms with van der Waals surface area (Å²) in [7, 11) is 1.64. The molecule has 0 N–H and O–H groups in total. The standard InChI is InChI=1S/C13H12ClNO2/c1-16-8-2-3-11-9(6-8)13(14)10-7-17-5-4-12(10)15-11/h2-3,6H,4-5,7H2,1H3. The van der Waals surface area contributed by atoms with Crippen LogP contribution < -0.4 is 4.74 Å². The quantitative estimate of drug-likeness (QED) is 0.779. The third-order valence-electron chi connectivity index (χ3n) is 3.04. The topological polar surface area (TPSA) is 31.4 Å². The molecule has 2 aromatic rings. The predicted molar refractivity (Wildman–Crippen MR) is 66.7 cm³/mol. The second kappa shape index (κ2) is 4.17. The normalized spacial score (nSPS) is 14.7. The zero-order valence-corrected chi connectivity index (χ0v) is 10.3. The minimum Gasteiger partial charge on any atom is -0.497 e. The highest BCUT2D eigenvalue weighted by Gasteiger charge is 2.17. The molecular formula is C13H12ClNO2. The van der Waals surface area contributed by atoms with E-state index in [0.29, 0.717) is 6.61 Å². The molecule has 88 valence electrons. The summed E-state index contributed by atoms with van der Waals surface area (Å²) in [4.78, 5) is 4.63. The van der Waals surface area contributed by atoms with E-state index < -0.39 is 0 Å². The van der Waals surface area contributed by atoms with E-state index in [2.05, 4.69) is 4.98 Å². The molecule has 4 heteroatoms. The maximum absolute atomic E-state index is 6.41. The lowest BCUT2D eigenvalue weighted by atomic mass is 10.1. The highest BCUT2D eigenvalue weighted by molar-refractivity contribution is 6.36. The molecule has 0 aliphatic carbocycles. The Hall–Kier alpha value is -1.32. The van der Waals surface area contributed by atoms with Crippen molar-refractivity contribution in [1.82, 2.24) is 4.98 Å². The first-order chi connectivity index (χ1) is 8.29. The fourth-order valence-corrected chi connectivity index (χ4v) is 2.43. The number of ether oxygens (including phenoxy) is 2. The van der Waals surface area contributed by atoms with E-state index in [1.54, 1.807) is 7.11 Å². The fourth-order valence-electron chi connectivity index (χ4n) is 2.11. The lowest BCUT2D eigenvalue weighted by molar-refractivity contribution is 0.109. The van der Waals surface area contributed by atoms with Gasteiger partial charge in [-0.05, 0) is 18.2 Å². The maximum atomic E-state index is 6.41. The Morgan fingerprint density at radius 1 is 1.41 bits per heavy atom. The Balaban J connectivity index is 2.28. The van der Waals surface area contributed by atoms with Gasteiger partial charge < -0.3 is 9.47 Å². The molecule has 3 nitrogen and oxygen atoms in total. The minimum absolute atomic E-state index is 0.550. The molecule has 0 radical (unpaired) electrons. The maximum Gasteiger partial charge on any atom is 0.119 e. The minimum atomic E-state index is 0.550. The Labute approximate surface area is 104 Å². The molecule has 0 amide bonds. The smallest absolute Gasteiger partial charge is 0.119 e. The van der Waals surface area contributed by atoms with Crippen molar-refractivity contribution in [2.24, 2.45) is 0 Å². The lowest BCUT2D eigenvalue weighted by Crippen LogP contribution is -2.12. The molecular weight excluding hydrogens is 238 g/mol. The van der Waals surface area contributed by atoms with E-state index in [0.717, 1.165) is 46.0 Å². The van der Waals surface area contributed by atoms with Crippen LogP contribution in [0.3, 0.4) is 0 Å². The molecule has 0 unspecified atom stereocenters. The van der Waals surface area contributed by atoms with Crippen molar-refractivity contribution < 1.29 is 9.47 Å². The van der Waals surface area contributed by atoms with E-state index >= 15 is 0 Å². The molecule has 3 rings (SSSR count). The van der Waals surface area contributed by atoms with E-state index in [1.807, 2.05) is 18.2 Å². The summed E-state index contributed by atoms with van der Waals surface area (Å²) in [5.74, 6) is 0.790. The molecule has 1 aliphatic heterocycles. The van der Waals surface area contributed by atoms with Crippen LogP contribution in [0, 0.1) is 0 Å². The van der Waals surface area contributed by atoms with Gasteiger partial charge in [-0.3, -0.25) is 4.98 Å². The molecule has 1 aromatic heterocycles. The molecule has 2 heterocycles. The van der Waals surface area contributed by atoms with Gasteiger partial charge in [0.1, 0.15) is 5.75 Å². The number of hydrogen-bond donors (Lipinski definition) is 0. The summed E-state index contributed by atoms with van der Waals surface area (Å²) in [6.45, 7) is 1.27. The van der Waals surface area contributed by atoms with Crippen LogP contribution in [-0.4, -0.2) is 18.7 Å². The number of fused-ring (bicyclic) bond motifs is 2. The van der Waals surface area contributed by atoms with Crippen LogP contribution in [0.4, 0.5) is 0 Å². The van der Waals surface area contributed by atoms with Crippen molar-refractivity contribution in [2.45, 2.75) is 13.0 Å². The molecule has 0 bridgehead atoms. The van der Waals surface area contributed by atoms with Crippen LogP contribution in [-0.2, 0) is 17.8 Å². The second-order valence-electron chi connectivity index (χ2n) is 4.04. The van der Waals surface area contributed by atoms with Gasteiger partial charge in [-0.2, -0.15) is 0 Å². The van der Waals surface area contributed by atoms with Gasteiger partial charge in [0.05, 0.1) is 36.6 Å². The Bertz CT molecular complexity index is 583. The zero-order chi connectivity index (χ0) is 11.8. The van der Waals surface area contributed by atoms with E-state index in [9.17, 15) is 0 Å². The number of hydrogen-bond acceptors (Lipinski definition) is 3. The monoisotopic (exact) mass is 249 g/mol. The summed E-state index contributed by atoms with van der Waals surface area (Å²) < 4.78 is 10.6. The number of rotatable bonds is 1. The molecule has 0 saturated carbocycles. The first-order valence-corrected chi connectivity index (χ1v) is 5.90. The number of benzene rings is 1. The number of methoxy groups -OCH3 is 1. The molecule has 1 aliphatic rings. The number of halogens is 1. The van der Waals surface area contributed by atoms with Crippen LogP contribution in [0.5, 0.6) is 5.75 Å². The van der Waals surface area contributed by atoms with Crippen molar-refractivity contribution >= 4 is 22.5 Å². The summed E-state index contributed by atoms with van der Waals surface area (Å²) in [5, 5.41) is 1.67. The number of nitrogens with zero attached hydrogens (tertiary/aromatic N) is 1. The summed E-state index contributed by atoms with van der Waals surface area (Å²) in [6.07, 6.45) is 0.830. The Kier molecular flexibility index (Phi) is 2.65. The van der Waals surface area contributed by atoms with E-state index in [1.165, 1.54) is 0 Å². The van der Waals surface area contributed by atoms with Crippen molar-refractivity contribution in [1.29, 1.82) is 0 Å². The fraction of sp³-hybridized carbons (Fsp3) is 0.308. The second-order valence-corrected chi connectivity index (χ2v) is 4.41. The third kappa shape index (κ3) is 1.75. The van der Waals surface area contributed by atoms with Crippen LogP contribution in [0.1, 0.15) is 11.3 Å². The Morgan fingerprint density at radius 3 is 3.12 bits per heavy atom. The summed E-state index contributed by atoms with van der Waals surface area (Å²) >= 11 is 6.41. The van der Waals surface area contributed by atoms with Crippen LogP contribution in [0.25, 0.3) is 10.9 Å². The van der Waals surface area contributed by atoms with E-state index in [-0.39, 0.29) is 0 Å². The average Bonchev–Trinajstić information content (AvgIpc) is 2.39. The highest BCUT2D eigenvalue weighted by atomic mass is 35.5. The SMILES string of the molecule is COc1ccc2nc3c(c(Cl)c2c1)COCC3. The summed E-state index contributed by atoms with van der Waals surface area (Å²) in [5.41, 5.74) is 2.98. The zero-order valence-electron chi connectivity index (χ0n) is 9.50. The van der Waals surface area contributed by atoms with Gasteiger partial charge in [0.2, 0.25) is 0 Å². The van der Waals surface area contributed by atoms with Crippen molar-refractivity contribution in [3.05, 3.63) is 34.5 Å². The number of aromatic nitrogens is 1. The first kappa shape index (κ1) is 10.8. The van der Waals surface area contributed by atoms with Gasteiger partial charge >= 0.3 is 0 Å². The van der Waals surface area contributed by atoms with Crippen LogP contribution in [0.2, 0.25) is 5.02 Å². The van der Waals surface area contributed by atoms with Gasteiger partial charge in [-0.1, -0.05) is 11.6 Å². The molecule has 17 heavy (non-hydrogen) atoms. The molecule has 0 spiro atoms. The lowest BCUT2D eigenvalue weighted by Gasteiger charge is -2.18. The van der Waals surface area contributed by atoms with Crippen molar-refractivity contribution in [2.75, 3.05) is 13.7 Å². The summed E-state index contributed by atoms with van der Waals surface area (Å²) in [6, 6.07) is 5.76. The van der Waals surface area contributed by atoms with Gasteiger partial charge in [0, 0.05) is 17.4 Å². The van der Waals surface area contributed by atoms with Gasteiger partial charge in [0.25, 0.3) is 0 Å². The van der Waals surface area contributed by atoms with Crippen LogP contribution >= 0.6 is 11.6 Å². The van der Waals surface area contributed by atoms with Gasteiger partial charge in [0.15, 0.2) is 0 Å². The largest absolute Gasteiger partial charge is 0.497 e. The van der Waals surface area contributed by atoms with Gasteiger partial charge in [-0.25, -0.2) is 0 Å². The first-order valence-electron chi connectivity index (χ1n) is 5.52. The van der Waals surface area contributed by atoms with Gasteiger partial charge in [-0.15, -0.1) is 0 Å². The van der Waals surface area contributed by atoms with Crippen molar-refractivity contribution in [3.8, 4) is 5.75 Å². The number of pyridine rings is 1. The molecule has 0 atom stereocenters. The molecule has 0 fully saturated rings. The third-order valence-corrected chi connectivity index (χ3v) is 3.47. The average molecular weight is 250 g/mol. The highest BCUT2D eigenvalue weighted by Crippen LogP contribution is 2.32.